The van der Waals surface area contributed by atoms with Gasteiger partial charge in [-0.3, -0.25) is 4.99 Å². The molecule has 8 heteroatoms. The molecule has 0 saturated heterocycles. The Balaban J connectivity index is 0.00000320. The van der Waals surface area contributed by atoms with E-state index in [0.717, 1.165) is 28.3 Å². The summed E-state index contributed by atoms with van der Waals surface area (Å²) in [6.07, 6.45) is 1.65. The van der Waals surface area contributed by atoms with Crippen LogP contribution >= 0.6 is 24.0 Å². The summed E-state index contributed by atoms with van der Waals surface area (Å²) in [6.45, 7) is 3.63. The van der Waals surface area contributed by atoms with Crippen LogP contribution in [-0.4, -0.2) is 31.7 Å². The molecule has 1 heterocycles. The smallest absolute Gasteiger partial charge is 0.226 e. The molecule has 160 valence electrons. The zero-order valence-corrected chi connectivity index (χ0v) is 19.7. The molecule has 0 aliphatic carbocycles. The molecule has 0 saturated carbocycles. The number of aliphatic imine (C=N–C) groups is 1. The summed E-state index contributed by atoms with van der Waals surface area (Å²) in [4.78, 5) is 8.77. The molecule has 2 N–H and O–H groups in total. The molecule has 0 aliphatic heterocycles. The largest absolute Gasteiger partial charge is 0.493 e. The predicted octanol–water partition coefficient (Wildman–Crippen LogP) is 4.23. The van der Waals surface area contributed by atoms with Gasteiger partial charge in [-0.1, -0.05) is 24.3 Å². The Labute approximate surface area is 193 Å². The third-order valence-corrected chi connectivity index (χ3v) is 4.22. The quantitative estimate of drug-likeness (QED) is 0.262. The minimum Gasteiger partial charge on any atom is -0.493 e. The summed E-state index contributed by atoms with van der Waals surface area (Å²) in [5, 5.41) is 6.53. The maximum atomic E-state index is 5.63. The van der Waals surface area contributed by atoms with Gasteiger partial charge in [0.05, 0.1) is 26.0 Å². The second-order valence-corrected chi connectivity index (χ2v) is 6.21. The fraction of sp³-hybridized carbons (Fsp3) is 0.273. The van der Waals surface area contributed by atoms with Gasteiger partial charge in [0, 0.05) is 19.2 Å². The van der Waals surface area contributed by atoms with Crippen molar-refractivity contribution in [2.45, 2.75) is 20.0 Å². The number of oxazole rings is 1. The summed E-state index contributed by atoms with van der Waals surface area (Å²) in [6, 6.07) is 15.7. The maximum absolute atomic E-state index is 5.63. The van der Waals surface area contributed by atoms with Gasteiger partial charge < -0.3 is 24.5 Å². The number of nitrogens with zero attached hydrogens (tertiary/aromatic N) is 2. The Kier molecular flexibility index (Phi) is 9.46. The molecular weight excluding hydrogens is 495 g/mol. The highest BCUT2D eigenvalue weighted by Crippen LogP contribution is 2.28. The maximum Gasteiger partial charge on any atom is 0.226 e. The molecule has 1 aromatic heterocycles. The van der Waals surface area contributed by atoms with E-state index < -0.39 is 0 Å². The molecule has 0 amide bonds. The van der Waals surface area contributed by atoms with Crippen molar-refractivity contribution in [3.05, 3.63) is 66.1 Å². The van der Waals surface area contributed by atoms with Crippen LogP contribution in [0.2, 0.25) is 0 Å². The van der Waals surface area contributed by atoms with Gasteiger partial charge in [-0.25, -0.2) is 4.98 Å². The molecule has 0 radical (unpaired) electrons. The zero-order valence-electron chi connectivity index (χ0n) is 17.3. The molecule has 0 spiro atoms. The van der Waals surface area contributed by atoms with E-state index in [4.69, 9.17) is 13.9 Å². The first kappa shape index (κ1) is 23.5. The third-order valence-electron chi connectivity index (χ3n) is 4.22. The molecule has 30 heavy (non-hydrogen) atoms. The Morgan fingerprint density at radius 2 is 1.83 bits per heavy atom. The van der Waals surface area contributed by atoms with Crippen LogP contribution in [0.3, 0.4) is 0 Å². The van der Waals surface area contributed by atoms with E-state index in [-0.39, 0.29) is 24.0 Å². The minimum atomic E-state index is 0. The van der Waals surface area contributed by atoms with Crippen LogP contribution in [0.4, 0.5) is 0 Å². The third kappa shape index (κ3) is 6.38. The van der Waals surface area contributed by atoms with E-state index >= 15 is 0 Å². The van der Waals surface area contributed by atoms with Gasteiger partial charge in [0.25, 0.3) is 0 Å². The Bertz CT molecular complexity index is 945. The van der Waals surface area contributed by atoms with Crippen molar-refractivity contribution >= 4 is 29.9 Å². The molecule has 3 rings (SSSR count). The molecule has 3 aromatic rings. The summed E-state index contributed by atoms with van der Waals surface area (Å²) in [5.41, 5.74) is 2.81. The standard InChI is InChI=1S/C22H26N4O3.HI/c1-4-28-20-12-16(10-11-19(20)27-3)13-24-22(23-2)25-14-18-15-29-21(26-18)17-8-6-5-7-9-17;/h5-12,15H,4,13-14H2,1-3H3,(H2,23,24,25);1H. The number of aromatic nitrogens is 1. The highest BCUT2D eigenvalue weighted by molar-refractivity contribution is 14.0. The number of rotatable bonds is 8. The van der Waals surface area contributed by atoms with E-state index in [9.17, 15) is 0 Å². The second kappa shape index (κ2) is 12.1. The van der Waals surface area contributed by atoms with Gasteiger partial charge in [0.15, 0.2) is 17.5 Å². The fourth-order valence-electron chi connectivity index (χ4n) is 2.78. The lowest BCUT2D eigenvalue weighted by Gasteiger charge is -2.13. The van der Waals surface area contributed by atoms with Crippen LogP contribution < -0.4 is 20.1 Å². The van der Waals surface area contributed by atoms with Crippen LogP contribution in [0.25, 0.3) is 11.5 Å². The van der Waals surface area contributed by atoms with E-state index in [1.54, 1.807) is 20.4 Å². The fourth-order valence-corrected chi connectivity index (χ4v) is 2.78. The lowest BCUT2D eigenvalue weighted by atomic mass is 10.2. The molecule has 7 nitrogen and oxygen atoms in total. The lowest BCUT2D eigenvalue weighted by Crippen LogP contribution is -2.36. The summed E-state index contributed by atoms with van der Waals surface area (Å²) >= 11 is 0. The molecule has 2 aromatic carbocycles. The first-order chi connectivity index (χ1) is 14.2. The second-order valence-electron chi connectivity index (χ2n) is 6.21. The normalized spacial score (nSPS) is 10.8. The van der Waals surface area contributed by atoms with Crippen molar-refractivity contribution in [1.82, 2.24) is 15.6 Å². The van der Waals surface area contributed by atoms with Crippen molar-refractivity contribution in [2.75, 3.05) is 20.8 Å². The van der Waals surface area contributed by atoms with Crippen LogP contribution in [0.15, 0.2) is 64.2 Å². The topological polar surface area (TPSA) is 80.9 Å². The first-order valence-corrected chi connectivity index (χ1v) is 9.47. The number of nitrogens with one attached hydrogen (secondary N) is 2. The summed E-state index contributed by atoms with van der Waals surface area (Å²) < 4.78 is 16.5. The average molecular weight is 522 g/mol. The number of methoxy groups -OCH3 is 1. The number of guanidine groups is 1. The highest BCUT2D eigenvalue weighted by atomic mass is 127. The summed E-state index contributed by atoms with van der Waals surface area (Å²) in [5.74, 6) is 2.72. The lowest BCUT2D eigenvalue weighted by molar-refractivity contribution is 0.310. The van der Waals surface area contributed by atoms with E-state index in [1.165, 1.54) is 0 Å². The molecular formula is C22H27IN4O3. The zero-order chi connectivity index (χ0) is 20.5. The Morgan fingerprint density at radius 1 is 1.07 bits per heavy atom. The van der Waals surface area contributed by atoms with E-state index in [1.807, 2.05) is 55.5 Å². The van der Waals surface area contributed by atoms with Crippen LogP contribution in [0.1, 0.15) is 18.2 Å². The van der Waals surface area contributed by atoms with Gasteiger partial charge in [-0.05, 0) is 36.8 Å². The van der Waals surface area contributed by atoms with Crippen molar-refractivity contribution in [3.8, 4) is 23.0 Å². The number of ether oxygens (including phenoxy) is 2. The van der Waals surface area contributed by atoms with Gasteiger partial charge >= 0.3 is 0 Å². The molecule has 0 fully saturated rings. The van der Waals surface area contributed by atoms with Crippen molar-refractivity contribution in [2.24, 2.45) is 4.99 Å². The first-order valence-electron chi connectivity index (χ1n) is 9.47. The van der Waals surface area contributed by atoms with Gasteiger partial charge in [-0.2, -0.15) is 0 Å². The van der Waals surface area contributed by atoms with E-state index in [0.29, 0.717) is 31.5 Å². The number of hydrogen-bond donors (Lipinski definition) is 2. The van der Waals surface area contributed by atoms with Gasteiger partial charge in [0.2, 0.25) is 5.89 Å². The van der Waals surface area contributed by atoms with E-state index in [2.05, 4.69) is 20.6 Å². The molecule has 0 bridgehead atoms. The van der Waals surface area contributed by atoms with Gasteiger partial charge in [-0.15, -0.1) is 24.0 Å². The highest BCUT2D eigenvalue weighted by Gasteiger charge is 2.08. The average Bonchev–Trinajstić information content (AvgIpc) is 3.24. The number of hydrogen-bond acceptors (Lipinski definition) is 5. The molecule has 0 aliphatic rings. The van der Waals surface area contributed by atoms with Crippen molar-refractivity contribution in [3.63, 3.8) is 0 Å². The number of benzene rings is 2. The predicted molar refractivity (Wildman–Crippen MR) is 129 cm³/mol. The minimum absolute atomic E-state index is 0. The van der Waals surface area contributed by atoms with Crippen LogP contribution in [-0.2, 0) is 13.1 Å². The van der Waals surface area contributed by atoms with Crippen molar-refractivity contribution in [1.29, 1.82) is 0 Å². The monoisotopic (exact) mass is 522 g/mol. The number of halogens is 1. The van der Waals surface area contributed by atoms with Crippen LogP contribution in [0.5, 0.6) is 11.5 Å². The molecule has 0 atom stereocenters. The molecule has 0 unspecified atom stereocenters. The Hall–Kier alpha value is -2.75. The van der Waals surface area contributed by atoms with Crippen LogP contribution in [0, 0.1) is 0 Å². The van der Waals surface area contributed by atoms with Gasteiger partial charge in [0.1, 0.15) is 6.26 Å². The van der Waals surface area contributed by atoms with Crippen molar-refractivity contribution < 1.29 is 13.9 Å². The SMILES string of the molecule is CCOc1cc(CNC(=NC)NCc2coc(-c3ccccc3)n2)ccc1OC.I. The Morgan fingerprint density at radius 3 is 2.53 bits per heavy atom. The summed E-state index contributed by atoms with van der Waals surface area (Å²) in [7, 11) is 3.36.